The number of hydrogen-bond acceptors (Lipinski definition) is 5. The Bertz CT molecular complexity index is 1100. The predicted octanol–water partition coefficient (Wildman–Crippen LogP) is 4.06. The van der Waals surface area contributed by atoms with Crippen molar-refractivity contribution in [1.82, 2.24) is 15.6 Å². The van der Waals surface area contributed by atoms with E-state index in [9.17, 15) is 4.79 Å². The predicted molar refractivity (Wildman–Crippen MR) is 113 cm³/mol. The van der Waals surface area contributed by atoms with Crippen LogP contribution in [0.5, 0.6) is 5.75 Å². The van der Waals surface area contributed by atoms with Gasteiger partial charge < -0.3 is 9.15 Å². The molecule has 150 valence electrons. The molecule has 2 N–H and O–H groups in total. The van der Waals surface area contributed by atoms with Crippen molar-refractivity contribution in [2.45, 2.75) is 6.42 Å². The Balaban J connectivity index is 1.31. The van der Waals surface area contributed by atoms with Crippen molar-refractivity contribution in [1.29, 1.82) is 0 Å². The number of rotatable bonds is 8. The quantitative estimate of drug-likeness (QED) is 0.345. The number of furan rings is 1. The largest absolute Gasteiger partial charge is 0.493 e. The molecule has 0 spiro atoms. The maximum Gasteiger partial charge on any atom is 0.289 e. The molecule has 2 heterocycles. The van der Waals surface area contributed by atoms with Crippen LogP contribution in [-0.4, -0.2) is 28.9 Å². The topological polar surface area (TPSA) is 92.5 Å². The second-order valence-corrected chi connectivity index (χ2v) is 6.49. The van der Waals surface area contributed by atoms with Gasteiger partial charge in [-0.15, -0.1) is 0 Å². The molecule has 0 saturated carbocycles. The van der Waals surface area contributed by atoms with Gasteiger partial charge in [0.25, 0.3) is 5.91 Å². The van der Waals surface area contributed by atoms with Gasteiger partial charge in [0.1, 0.15) is 17.2 Å². The Morgan fingerprint density at radius 2 is 1.93 bits per heavy atom. The molecule has 4 aromatic rings. The zero-order chi connectivity index (χ0) is 20.6. The van der Waals surface area contributed by atoms with E-state index in [4.69, 9.17) is 9.15 Å². The monoisotopic (exact) mass is 400 g/mol. The van der Waals surface area contributed by atoms with Crippen molar-refractivity contribution in [3.63, 3.8) is 0 Å². The summed E-state index contributed by atoms with van der Waals surface area (Å²) in [7, 11) is 0. The molecule has 7 heteroatoms. The summed E-state index contributed by atoms with van der Waals surface area (Å²) in [6.45, 7) is 0.606. The fourth-order valence-electron chi connectivity index (χ4n) is 2.82. The minimum Gasteiger partial charge on any atom is -0.493 e. The van der Waals surface area contributed by atoms with Crippen LogP contribution in [0.25, 0.3) is 11.3 Å². The lowest BCUT2D eigenvalue weighted by Crippen LogP contribution is -2.17. The summed E-state index contributed by atoms with van der Waals surface area (Å²) in [5.41, 5.74) is 5.51. The molecule has 7 nitrogen and oxygen atoms in total. The van der Waals surface area contributed by atoms with E-state index in [1.54, 1.807) is 18.2 Å². The first kappa shape index (κ1) is 19.2. The Morgan fingerprint density at radius 3 is 2.70 bits per heavy atom. The fraction of sp³-hybridized carbons (Fsp3) is 0.0870. The highest BCUT2D eigenvalue weighted by atomic mass is 16.5. The Kier molecular flexibility index (Phi) is 6.00. The van der Waals surface area contributed by atoms with Crippen molar-refractivity contribution in [3.8, 4) is 17.0 Å². The highest BCUT2D eigenvalue weighted by Gasteiger charge is 2.10. The maximum absolute atomic E-state index is 12.2. The number of carbonyl (C=O) groups excluding carboxylic acids is 1. The van der Waals surface area contributed by atoms with E-state index in [0.717, 1.165) is 17.7 Å². The van der Waals surface area contributed by atoms with Crippen LogP contribution in [0.15, 0.2) is 88.6 Å². The van der Waals surface area contributed by atoms with Crippen LogP contribution in [0.3, 0.4) is 0 Å². The number of nitrogens with zero attached hydrogens (tertiary/aromatic N) is 2. The van der Waals surface area contributed by atoms with Gasteiger partial charge in [-0.1, -0.05) is 30.3 Å². The van der Waals surface area contributed by atoms with Crippen LogP contribution in [0.1, 0.15) is 21.8 Å². The lowest BCUT2D eigenvalue weighted by Gasteiger charge is -2.06. The Morgan fingerprint density at radius 1 is 1.10 bits per heavy atom. The summed E-state index contributed by atoms with van der Waals surface area (Å²) in [4.78, 5) is 12.2. The Labute approximate surface area is 173 Å². The molecule has 1 amide bonds. The SMILES string of the molecule is O=C(NN=Cc1ccco1)c1cc(-c2ccc(OCCc3ccccc3)cc2)n[nH]1. The molecule has 0 saturated heterocycles. The molecule has 2 aromatic heterocycles. The smallest absolute Gasteiger partial charge is 0.289 e. The molecule has 0 unspecified atom stereocenters. The lowest BCUT2D eigenvalue weighted by atomic mass is 10.1. The number of aromatic nitrogens is 2. The second kappa shape index (κ2) is 9.38. The van der Waals surface area contributed by atoms with Crippen molar-refractivity contribution < 1.29 is 13.9 Å². The average molecular weight is 400 g/mol. The summed E-state index contributed by atoms with van der Waals surface area (Å²) in [5, 5.41) is 10.8. The molecule has 0 aliphatic heterocycles. The van der Waals surface area contributed by atoms with Gasteiger partial charge in [0, 0.05) is 12.0 Å². The van der Waals surface area contributed by atoms with Crippen LogP contribution < -0.4 is 10.2 Å². The number of aromatic amines is 1. The van der Waals surface area contributed by atoms with Crippen LogP contribution in [-0.2, 0) is 6.42 Å². The van der Waals surface area contributed by atoms with Gasteiger partial charge in [-0.25, -0.2) is 5.43 Å². The van der Waals surface area contributed by atoms with Gasteiger partial charge in [0.15, 0.2) is 0 Å². The van der Waals surface area contributed by atoms with Gasteiger partial charge in [-0.2, -0.15) is 10.2 Å². The van der Waals surface area contributed by atoms with Gasteiger partial charge in [-0.3, -0.25) is 9.89 Å². The first-order valence-corrected chi connectivity index (χ1v) is 9.47. The van der Waals surface area contributed by atoms with Crippen LogP contribution in [0.2, 0.25) is 0 Å². The average Bonchev–Trinajstić information content (AvgIpc) is 3.47. The fourth-order valence-corrected chi connectivity index (χ4v) is 2.82. The number of hydrogen-bond donors (Lipinski definition) is 2. The van der Waals surface area contributed by atoms with Crippen molar-refractivity contribution in [2.24, 2.45) is 5.10 Å². The first-order chi connectivity index (χ1) is 14.8. The number of hydrazone groups is 1. The van der Waals surface area contributed by atoms with Gasteiger partial charge in [0.2, 0.25) is 0 Å². The van der Waals surface area contributed by atoms with E-state index >= 15 is 0 Å². The molecule has 0 aliphatic carbocycles. The highest BCUT2D eigenvalue weighted by molar-refractivity contribution is 5.93. The molecule has 0 bridgehead atoms. The Hall–Kier alpha value is -4.13. The van der Waals surface area contributed by atoms with E-state index < -0.39 is 5.91 Å². The van der Waals surface area contributed by atoms with Crippen LogP contribution >= 0.6 is 0 Å². The minimum absolute atomic E-state index is 0.310. The molecule has 0 fully saturated rings. The van der Waals surface area contributed by atoms with E-state index in [2.05, 4.69) is 32.9 Å². The number of H-pyrrole nitrogens is 1. The van der Waals surface area contributed by atoms with Crippen LogP contribution in [0.4, 0.5) is 0 Å². The third-order valence-electron chi connectivity index (χ3n) is 4.38. The van der Waals surface area contributed by atoms with Crippen LogP contribution in [0, 0.1) is 0 Å². The molecule has 0 atom stereocenters. The minimum atomic E-state index is -0.391. The van der Waals surface area contributed by atoms with Crippen molar-refractivity contribution in [2.75, 3.05) is 6.61 Å². The number of carbonyl (C=O) groups is 1. The molecule has 2 aromatic carbocycles. The molecule has 30 heavy (non-hydrogen) atoms. The zero-order valence-corrected chi connectivity index (χ0v) is 16.1. The van der Waals surface area contributed by atoms with Crippen molar-refractivity contribution in [3.05, 3.63) is 96.1 Å². The second-order valence-electron chi connectivity index (χ2n) is 6.49. The third-order valence-corrected chi connectivity index (χ3v) is 4.38. The van der Waals surface area contributed by atoms with E-state index in [1.807, 2.05) is 42.5 Å². The summed E-state index contributed by atoms with van der Waals surface area (Å²) in [5.74, 6) is 0.944. The first-order valence-electron chi connectivity index (χ1n) is 9.47. The summed E-state index contributed by atoms with van der Waals surface area (Å²) in [6.07, 6.45) is 3.80. The highest BCUT2D eigenvalue weighted by Crippen LogP contribution is 2.21. The zero-order valence-electron chi connectivity index (χ0n) is 16.1. The van der Waals surface area contributed by atoms with E-state index in [0.29, 0.717) is 23.8 Å². The lowest BCUT2D eigenvalue weighted by molar-refractivity contribution is 0.0950. The van der Waals surface area contributed by atoms with E-state index in [-0.39, 0.29) is 0 Å². The number of amides is 1. The summed E-state index contributed by atoms with van der Waals surface area (Å²) in [6, 6.07) is 23.0. The normalized spacial score (nSPS) is 10.9. The van der Waals surface area contributed by atoms with E-state index in [1.165, 1.54) is 18.0 Å². The molecule has 4 rings (SSSR count). The molecular weight excluding hydrogens is 380 g/mol. The third kappa shape index (κ3) is 5.02. The number of ether oxygens (including phenoxy) is 1. The molecule has 0 radical (unpaired) electrons. The summed E-state index contributed by atoms with van der Waals surface area (Å²) < 4.78 is 10.9. The number of nitrogens with one attached hydrogen (secondary N) is 2. The number of benzene rings is 2. The molecular formula is C23H20N4O3. The molecule has 0 aliphatic rings. The maximum atomic E-state index is 12.2. The summed E-state index contributed by atoms with van der Waals surface area (Å²) >= 11 is 0. The standard InChI is InChI=1S/C23H20N4O3/c28-23(27-24-16-20-7-4-13-29-20)22-15-21(25-26-22)18-8-10-19(11-9-18)30-14-12-17-5-2-1-3-6-17/h1-11,13,15-16H,12,14H2,(H,25,26)(H,27,28). The van der Waals surface area contributed by atoms with Gasteiger partial charge in [-0.05, 0) is 48.0 Å². The van der Waals surface area contributed by atoms with Gasteiger partial charge in [0.05, 0.1) is 24.8 Å². The van der Waals surface area contributed by atoms with Gasteiger partial charge >= 0.3 is 0 Å². The van der Waals surface area contributed by atoms with Crippen molar-refractivity contribution >= 4 is 12.1 Å².